The van der Waals surface area contributed by atoms with Crippen molar-refractivity contribution in [2.24, 2.45) is 0 Å². The van der Waals surface area contributed by atoms with E-state index in [1.54, 1.807) is 0 Å². The number of rotatable bonds is 6. The Labute approximate surface area is 108 Å². The van der Waals surface area contributed by atoms with Gasteiger partial charge in [0.25, 0.3) is 0 Å². The Morgan fingerprint density at radius 3 is 2.11 bits per heavy atom. The van der Waals surface area contributed by atoms with Crippen LogP contribution < -0.4 is 5.32 Å². The lowest BCUT2D eigenvalue weighted by molar-refractivity contribution is 0.284. The normalized spacial score (nSPS) is 12.3. The molecule has 0 heterocycles. The van der Waals surface area contributed by atoms with E-state index in [1.807, 2.05) is 24.3 Å². The maximum absolute atomic E-state index is 8.97. The smallest absolute Gasteiger partial charge is 0.0556 e. The van der Waals surface area contributed by atoms with E-state index in [0.717, 1.165) is 6.42 Å². The molecule has 0 fully saturated rings. The molecular formula is C16H19NO. The highest BCUT2D eigenvalue weighted by atomic mass is 16.3. The first kappa shape index (κ1) is 12.8. The summed E-state index contributed by atoms with van der Waals surface area (Å²) < 4.78 is 0. The first-order valence-corrected chi connectivity index (χ1v) is 6.33. The van der Waals surface area contributed by atoms with Crippen LogP contribution >= 0.6 is 0 Å². The number of nitrogens with one attached hydrogen (secondary N) is 1. The molecule has 2 nitrogen and oxygen atoms in total. The van der Waals surface area contributed by atoms with Gasteiger partial charge in [0.05, 0.1) is 6.61 Å². The van der Waals surface area contributed by atoms with Gasteiger partial charge in [0, 0.05) is 12.6 Å². The van der Waals surface area contributed by atoms with Crippen LogP contribution in [-0.2, 0) is 6.42 Å². The second-order valence-corrected chi connectivity index (χ2v) is 4.33. The van der Waals surface area contributed by atoms with Crippen LogP contribution in [0.15, 0.2) is 60.7 Å². The summed E-state index contributed by atoms with van der Waals surface area (Å²) in [5.74, 6) is 0. The van der Waals surface area contributed by atoms with Gasteiger partial charge in [-0.3, -0.25) is 0 Å². The Morgan fingerprint density at radius 2 is 1.50 bits per heavy atom. The summed E-state index contributed by atoms with van der Waals surface area (Å²) >= 11 is 0. The number of benzene rings is 2. The average Bonchev–Trinajstić information content (AvgIpc) is 2.45. The second kappa shape index (κ2) is 6.94. The topological polar surface area (TPSA) is 32.3 Å². The molecule has 0 unspecified atom stereocenters. The zero-order valence-electron chi connectivity index (χ0n) is 10.4. The minimum Gasteiger partial charge on any atom is -0.395 e. The van der Waals surface area contributed by atoms with Gasteiger partial charge < -0.3 is 10.4 Å². The summed E-state index contributed by atoms with van der Waals surface area (Å²) in [6, 6.07) is 21.0. The molecule has 1 atom stereocenters. The van der Waals surface area contributed by atoms with Crippen LogP contribution in [0.5, 0.6) is 0 Å². The molecule has 0 saturated heterocycles. The summed E-state index contributed by atoms with van der Waals surface area (Å²) in [7, 11) is 0. The van der Waals surface area contributed by atoms with E-state index < -0.39 is 0 Å². The summed E-state index contributed by atoms with van der Waals surface area (Å²) in [5, 5.41) is 12.3. The van der Waals surface area contributed by atoms with Crippen LogP contribution in [0.4, 0.5) is 0 Å². The lowest BCUT2D eigenvalue weighted by Gasteiger charge is -2.19. The van der Waals surface area contributed by atoms with E-state index in [4.69, 9.17) is 5.11 Å². The highest BCUT2D eigenvalue weighted by Crippen LogP contribution is 2.17. The van der Waals surface area contributed by atoms with E-state index in [9.17, 15) is 0 Å². The van der Waals surface area contributed by atoms with Gasteiger partial charge in [-0.05, 0) is 17.5 Å². The van der Waals surface area contributed by atoms with E-state index in [-0.39, 0.29) is 12.6 Å². The van der Waals surface area contributed by atoms with Crippen molar-refractivity contribution in [1.82, 2.24) is 5.32 Å². The monoisotopic (exact) mass is 241 g/mol. The molecule has 18 heavy (non-hydrogen) atoms. The minimum absolute atomic E-state index is 0.165. The maximum atomic E-state index is 8.97. The van der Waals surface area contributed by atoms with Crippen molar-refractivity contribution in [3.63, 3.8) is 0 Å². The van der Waals surface area contributed by atoms with Gasteiger partial charge >= 0.3 is 0 Å². The summed E-state index contributed by atoms with van der Waals surface area (Å²) in [4.78, 5) is 0. The lowest BCUT2D eigenvalue weighted by Crippen LogP contribution is -2.26. The molecule has 94 valence electrons. The predicted octanol–water partition coefficient (Wildman–Crippen LogP) is 2.55. The highest BCUT2D eigenvalue weighted by Gasteiger charge is 2.10. The standard InChI is InChI=1S/C16H19NO/c18-12-11-17-16(15-9-5-2-6-10-15)13-14-7-3-1-4-8-14/h1-10,16-18H,11-13H2/t16-/m1/s1. The third-order valence-electron chi connectivity index (χ3n) is 2.99. The van der Waals surface area contributed by atoms with E-state index >= 15 is 0 Å². The van der Waals surface area contributed by atoms with Gasteiger partial charge in [-0.15, -0.1) is 0 Å². The Hall–Kier alpha value is -1.64. The van der Waals surface area contributed by atoms with Crippen molar-refractivity contribution in [2.75, 3.05) is 13.2 Å². The quantitative estimate of drug-likeness (QED) is 0.814. The third kappa shape index (κ3) is 3.69. The first-order valence-electron chi connectivity index (χ1n) is 6.33. The fourth-order valence-electron chi connectivity index (χ4n) is 2.08. The van der Waals surface area contributed by atoms with Gasteiger partial charge in [-0.25, -0.2) is 0 Å². The molecule has 0 aliphatic rings. The lowest BCUT2D eigenvalue weighted by atomic mass is 9.99. The van der Waals surface area contributed by atoms with Crippen LogP contribution in [0.25, 0.3) is 0 Å². The summed E-state index contributed by atoms with van der Waals surface area (Å²) in [5.41, 5.74) is 2.56. The van der Waals surface area contributed by atoms with E-state index in [2.05, 4.69) is 41.7 Å². The molecule has 0 amide bonds. The number of aliphatic hydroxyl groups excluding tert-OH is 1. The van der Waals surface area contributed by atoms with Crippen LogP contribution in [0, 0.1) is 0 Å². The van der Waals surface area contributed by atoms with Gasteiger partial charge in [0.2, 0.25) is 0 Å². The van der Waals surface area contributed by atoms with Gasteiger partial charge in [-0.2, -0.15) is 0 Å². The third-order valence-corrected chi connectivity index (χ3v) is 2.99. The Balaban J connectivity index is 2.10. The molecule has 2 heteroatoms. The van der Waals surface area contributed by atoms with Crippen LogP contribution in [0.1, 0.15) is 17.2 Å². The zero-order chi connectivity index (χ0) is 12.6. The average molecular weight is 241 g/mol. The molecular weight excluding hydrogens is 222 g/mol. The molecule has 0 aromatic heterocycles. The van der Waals surface area contributed by atoms with Crippen molar-refractivity contribution in [1.29, 1.82) is 0 Å². The van der Waals surface area contributed by atoms with Gasteiger partial charge in [0.1, 0.15) is 0 Å². The molecule has 2 aromatic rings. The van der Waals surface area contributed by atoms with E-state index in [0.29, 0.717) is 6.54 Å². The molecule has 2 rings (SSSR count). The molecule has 0 spiro atoms. The molecule has 0 radical (unpaired) electrons. The Kier molecular flexibility index (Phi) is 4.94. The van der Waals surface area contributed by atoms with E-state index in [1.165, 1.54) is 11.1 Å². The number of aliphatic hydroxyl groups is 1. The molecule has 0 aliphatic heterocycles. The van der Waals surface area contributed by atoms with Crippen molar-refractivity contribution in [3.05, 3.63) is 71.8 Å². The molecule has 0 aliphatic carbocycles. The van der Waals surface area contributed by atoms with Crippen molar-refractivity contribution in [3.8, 4) is 0 Å². The number of hydrogen-bond donors (Lipinski definition) is 2. The minimum atomic E-state index is 0.165. The molecule has 2 aromatic carbocycles. The fraction of sp³-hybridized carbons (Fsp3) is 0.250. The van der Waals surface area contributed by atoms with Crippen LogP contribution in [-0.4, -0.2) is 18.3 Å². The second-order valence-electron chi connectivity index (χ2n) is 4.33. The van der Waals surface area contributed by atoms with Crippen molar-refractivity contribution >= 4 is 0 Å². The SMILES string of the molecule is OCCN[C@H](Cc1ccccc1)c1ccccc1. The Bertz CT molecular complexity index is 441. The summed E-state index contributed by atoms with van der Waals surface area (Å²) in [6.45, 7) is 0.782. The maximum Gasteiger partial charge on any atom is 0.0556 e. The van der Waals surface area contributed by atoms with Crippen molar-refractivity contribution in [2.45, 2.75) is 12.5 Å². The largest absolute Gasteiger partial charge is 0.395 e. The zero-order valence-corrected chi connectivity index (χ0v) is 10.4. The van der Waals surface area contributed by atoms with Gasteiger partial charge in [-0.1, -0.05) is 60.7 Å². The highest BCUT2D eigenvalue weighted by molar-refractivity contribution is 5.23. The van der Waals surface area contributed by atoms with Gasteiger partial charge in [0.15, 0.2) is 0 Å². The van der Waals surface area contributed by atoms with Crippen molar-refractivity contribution < 1.29 is 5.11 Å². The predicted molar refractivity (Wildman–Crippen MR) is 74.4 cm³/mol. The van der Waals surface area contributed by atoms with Crippen LogP contribution in [0.3, 0.4) is 0 Å². The molecule has 2 N–H and O–H groups in total. The van der Waals surface area contributed by atoms with Crippen LogP contribution in [0.2, 0.25) is 0 Å². The fourth-order valence-corrected chi connectivity index (χ4v) is 2.08. The summed E-state index contributed by atoms with van der Waals surface area (Å²) in [6.07, 6.45) is 0.935. The molecule has 0 bridgehead atoms. The number of hydrogen-bond acceptors (Lipinski definition) is 2. The Morgan fingerprint density at radius 1 is 0.889 bits per heavy atom. The molecule has 0 saturated carbocycles. The first-order chi connectivity index (χ1) is 8.90.